The molecule has 0 fully saturated rings. The van der Waals surface area contributed by atoms with Crippen molar-refractivity contribution in [2.24, 2.45) is 0 Å². The number of carboxylic acids is 1. The highest BCUT2D eigenvalue weighted by Crippen LogP contribution is 2.14. The Labute approximate surface area is 95.3 Å². The largest absolute Gasteiger partial charge is 0.478 e. The van der Waals surface area contributed by atoms with Gasteiger partial charge in [0.2, 0.25) is 0 Å². The van der Waals surface area contributed by atoms with Crippen LogP contribution < -0.4 is 0 Å². The Morgan fingerprint density at radius 3 is 2.57 bits per heavy atom. The number of aromatic carboxylic acids is 1. The van der Waals surface area contributed by atoms with Crippen LogP contribution in [0.1, 0.15) is 22.8 Å². The normalized spacial score (nSPS) is 9.86. The lowest BCUT2D eigenvalue weighted by Gasteiger charge is -2.04. The Morgan fingerprint density at radius 1 is 1.43 bits per heavy atom. The van der Waals surface area contributed by atoms with Crippen molar-refractivity contribution in [2.75, 3.05) is 0 Å². The maximum atomic E-state index is 10.9. The average molecular weight is 304 g/mol. The third-order valence-corrected chi connectivity index (χ3v) is 2.41. The van der Waals surface area contributed by atoms with Crippen LogP contribution in [-0.2, 0) is 11.2 Å². The summed E-state index contributed by atoms with van der Waals surface area (Å²) in [6.07, 6.45) is 0.179. The van der Waals surface area contributed by atoms with E-state index < -0.39 is 5.97 Å². The minimum absolute atomic E-state index is 0.0336. The number of carboxylic acid groups (broad SMARTS) is 1. The molecule has 3 nitrogen and oxygen atoms in total. The Kier molecular flexibility index (Phi) is 3.62. The molecule has 74 valence electrons. The van der Waals surface area contributed by atoms with Crippen LogP contribution >= 0.6 is 22.6 Å². The molecule has 14 heavy (non-hydrogen) atoms. The summed E-state index contributed by atoms with van der Waals surface area (Å²) in [4.78, 5) is 21.7. The SMILES string of the molecule is CC(=O)Cc1ccc(I)cc1C(=O)O. The van der Waals surface area contributed by atoms with Crippen LogP contribution in [0.2, 0.25) is 0 Å². The van der Waals surface area contributed by atoms with E-state index in [2.05, 4.69) is 0 Å². The van der Waals surface area contributed by atoms with Gasteiger partial charge >= 0.3 is 5.97 Å². The first-order valence-electron chi connectivity index (χ1n) is 4.02. The van der Waals surface area contributed by atoms with E-state index in [0.717, 1.165) is 3.57 Å². The molecule has 0 atom stereocenters. The standard InChI is InChI=1S/C10H9IO3/c1-6(12)4-7-2-3-8(11)5-9(7)10(13)14/h2-3,5H,4H2,1H3,(H,13,14). The highest BCUT2D eigenvalue weighted by atomic mass is 127. The Morgan fingerprint density at radius 2 is 2.07 bits per heavy atom. The molecule has 0 amide bonds. The van der Waals surface area contributed by atoms with Crippen LogP contribution in [0.5, 0.6) is 0 Å². The summed E-state index contributed by atoms with van der Waals surface area (Å²) in [6, 6.07) is 5.05. The number of halogens is 1. The van der Waals surface area contributed by atoms with E-state index in [1.165, 1.54) is 6.92 Å². The predicted molar refractivity (Wildman–Crippen MR) is 60.5 cm³/mol. The number of rotatable bonds is 3. The number of carbonyl (C=O) groups is 2. The zero-order chi connectivity index (χ0) is 10.7. The number of hydrogen-bond donors (Lipinski definition) is 1. The van der Waals surface area contributed by atoms with Gasteiger partial charge in [-0.1, -0.05) is 6.07 Å². The maximum absolute atomic E-state index is 10.9. The molecular formula is C10H9IO3. The maximum Gasteiger partial charge on any atom is 0.336 e. The lowest BCUT2D eigenvalue weighted by Crippen LogP contribution is -2.06. The number of Topliss-reactive ketones (excluding diaryl/α,β-unsaturated/α-hetero) is 1. The van der Waals surface area contributed by atoms with Gasteiger partial charge in [0.1, 0.15) is 5.78 Å². The molecule has 0 aromatic heterocycles. The first-order chi connectivity index (χ1) is 6.50. The third-order valence-electron chi connectivity index (χ3n) is 1.74. The summed E-state index contributed by atoms with van der Waals surface area (Å²) < 4.78 is 0.854. The molecule has 0 heterocycles. The molecular weight excluding hydrogens is 295 g/mol. The molecule has 4 heteroatoms. The van der Waals surface area contributed by atoms with Crippen molar-refractivity contribution < 1.29 is 14.7 Å². The van der Waals surface area contributed by atoms with Crippen molar-refractivity contribution in [3.63, 3.8) is 0 Å². The van der Waals surface area contributed by atoms with Gasteiger partial charge in [-0.3, -0.25) is 4.79 Å². The molecule has 1 N–H and O–H groups in total. The second-order valence-electron chi connectivity index (χ2n) is 2.99. The van der Waals surface area contributed by atoms with Gasteiger partial charge in [-0.05, 0) is 47.2 Å². The van der Waals surface area contributed by atoms with E-state index in [0.29, 0.717) is 5.56 Å². The van der Waals surface area contributed by atoms with E-state index in [1.807, 2.05) is 22.6 Å². The molecule has 0 radical (unpaired) electrons. The van der Waals surface area contributed by atoms with Gasteiger partial charge in [-0.15, -0.1) is 0 Å². The smallest absolute Gasteiger partial charge is 0.336 e. The predicted octanol–water partition coefficient (Wildman–Crippen LogP) is 2.12. The van der Waals surface area contributed by atoms with E-state index in [9.17, 15) is 9.59 Å². The number of benzene rings is 1. The summed E-state index contributed by atoms with van der Waals surface area (Å²) in [6.45, 7) is 1.45. The third kappa shape index (κ3) is 2.80. The van der Waals surface area contributed by atoms with E-state index >= 15 is 0 Å². The minimum Gasteiger partial charge on any atom is -0.478 e. The molecule has 0 saturated carbocycles. The van der Waals surface area contributed by atoms with Crippen LogP contribution in [0.25, 0.3) is 0 Å². The van der Waals surface area contributed by atoms with Crippen molar-refractivity contribution in [2.45, 2.75) is 13.3 Å². The van der Waals surface area contributed by atoms with Crippen molar-refractivity contribution >= 4 is 34.3 Å². The zero-order valence-corrected chi connectivity index (χ0v) is 9.74. The highest BCUT2D eigenvalue weighted by Gasteiger charge is 2.11. The van der Waals surface area contributed by atoms with Gasteiger partial charge in [-0.2, -0.15) is 0 Å². The van der Waals surface area contributed by atoms with Gasteiger partial charge in [0, 0.05) is 9.99 Å². The van der Waals surface area contributed by atoms with E-state index in [-0.39, 0.29) is 17.8 Å². The first-order valence-corrected chi connectivity index (χ1v) is 5.09. The second-order valence-corrected chi connectivity index (χ2v) is 4.23. The van der Waals surface area contributed by atoms with Gasteiger partial charge in [0.15, 0.2) is 0 Å². The van der Waals surface area contributed by atoms with Crippen LogP contribution in [-0.4, -0.2) is 16.9 Å². The summed E-state index contributed by atoms with van der Waals surface area (Å²) in [5.41, 5.74) is 0.789. The summed E-state index contributed by atoms with van der Waals surface area (Å²) in [7, 11) is 0. The molecule has 1 rings (SSSR count). The molecule has 0 aliphatic heterocycles. The molecule has 0 aliphatic rings. The van der Waals surface area contributed by atoms with E-state index in [1.54, 1.807) is 18.2 Å². The van der Waals surface area contributed by atoms with Crippen molar-refractivity contribution in [1.29, 1.82) is 0 Å². The molecule has 0 spiro atoms. The van der Waals surface area contributed by atoms with Crippen molar-refractivity contribution in [1.82, 2.24) is 0 Å². The first kappa shape index (κ1) is 11.2. The molecule has 0 bridgehead atoms. The van der Waals surface area contributed by atoms with Crippen molar-refractivity contribution in [3.8, 4) is 0 Å². The molecule has 0 aliphatic carbocycles. The number of ketones is 1. The summed E-state index contributed by atoms with van der Waals surface area (Å²) in [5.74, 6) is -1.02. The average Bonchev–Trinajstić information content (AvgIpc) is 2.07. The summed E-state index contributed by atoms with van der Waals surface area (Å²) >= 11 is 2.04. The fraction of sp³-hybridized carbons (Fsp3) is 0.200. The van der Waals surface area contributed by atoms with Crippen molar-refractivity contribution in [3.05, 3.63) is 32.9 Å². The fourth-order valence-electron chi connectivity index (χ4n) is 1.17. The monoisotopic (exact) mass is 304 g/mol. The number of hydrogen-bond acceptors (Lipinski definition) is 2. The molecule has 1 aromatic rings. The van der Waals surface area contributed by atoms with Gasteiger partial charge in [-0.25, -0.2) is 4.79 Å². The van der Waals surface area contributed by atoms with Crippen LogP contribution in [0.4, 0.5) is 0 Å². The minimum atomic E-state index is -0.986. The molecule has 0 unspecified atom stereocenters. The second kappa shape index (κ2) is 4.54. The lowest BCUT2D eigenvalue weighted by molar-refractivity contribution is -0.116. The Bertz CT molecular complexity index is 385. The van der Waals surface area contributed by atoms with Crippen LogP contribution in [0.15, 0.2) is 18.2 Å². The van der Waals surface area contributed by atoms with Gasteiger partial charge in [0.05, 0.1) is 5.56 Å². The fourth-order valence-corrected chi connectivity index (χ4v) is 1.66. The number of carbonyl (C=O) groups excluding carboxylic acids is 1. The van der Waals surface area contributed by atoms with E-state index in [4.69, 9.17) is 5.11 Å². The molecule has 1 aromatic carbocycles. The lowest BCUT2D eigenvalue weighted by atomic mass is 10.0. The summed E-state index contributed by atoms with van der Waals surface area (Å²) in [5, 5.41) is 8.89. The van der Waals surface area contributed by atoms with Gasteiger partial charge < -0.3 is 5.11 Å². The van der Waals surface area contributed by atoms with Crippen LogP contribution in [0, 0.1) is 3.57 Å². The topological polar surface area (TPSA) is 54.4 Å². The zero-order valence-electron chi connectivity index (χ0n) is 7.58. The Balaban J connectivity index is 3.14. The van der Waals surface area contributed by atoms with Gasteiger partial charge in [0.25, 0.3) is 0 Å². The molecule has 0 saturated heterocycles. The van der Waals surface area contributed by atoms with Crippen LogP contribution in [0.3, 0.4) is 0 Å². The quantitative estimate of drug-likeness (QED) is 0.870. The highest BCUT2D eigenvalue weighted by molar-refractivity contribution is 14.1. The Hall–Kier alpha value is -0.910.